The van der Waals surface area contributed by atoms with Crippen LogP contribution < -0.4 is 16.4 Å². The molecule has 26 heavy (non-hydrogen) atoms. The van der Waals surface area contributed by atoms with Gasteiger partial charge in [0.25, 0.3) is 0 Å². The summed E-state index contributed by atoms with van der Waals surface area (Å²) in [7, 11) is 0. The van der Waals surface area contributed by atoms with Gasteiger partial charge in [0.15, 0.2) is 0 Å². The van der Waals surface area contributed by atoms with Crippen LogP contribution in [-0.4, -0.2) is 54.0 Å². The van der Waals surface area contributed by atoms with Crippen molar-refractivity contribution in [2.24, 2.45) is 5.92 Å². The van der Waals surface area contributed by atoms with E-state index >= 15 is 0 Å². The second-order valence-corrected chi connectivity index (χ2v) is 7.68. The van der Waals surface area contributed by atoms with Crippen LogP contribution >= 0.6 is 0 Å². The predicted octanol–water partition coefficient (Wildman–Crippen LogP) is 1.01. The molecule has 1 aliphatic carbocycles. The van der Waals surface area contributed by atoms with Gasteiger partial charge in [0.05, 0.1) is 0 Å². The lowest BCUT2D eigenvalue weighted by molar-refractivity contribution is -0.136. The largest absolute Gasteiger partial charge is 0.341 e. The summed E-state index contributed by atoms with van der Waals surface area (Å²) < 4.78 is 13.9. The Bertz CT molecular complexity index is 642. The van der Waals surface area contributed by atoms with Crippen LogP contribution in [-0.2, 0) is 11.3 Å². The Morgan fingerprint density at radius 3 is 2.81 bits per heavy atom. The molecule has 1 aromatic rings. The van der Waals surface area contributed by atoms with E-state index in [1.165, 1.54) is 6.07 Å². The van der Waals surface area contributed by atoms with Crippen molar-refractivity contribution >= 4 is 5.91 Å². The van der Waals surface area contributed by atoms with Crippen molar-refractivity contribution < 1.29 is 9.18 Å². The maximum Gasteiger partial charge on any atom is 0.225 e. The summed E-state index contributed by atoms with van der Waals surface area (Å²) in [6.45, 7) is 3.87. The fourth-order valence-corrected chi connectivity index (χ4v) is 4.43. The lowest BCUT2D eigenvalue weighted by atomic mass is 9.82. The van der Waals surface area contributed by atoms with Crippen molar-refractivity contribution in [1.29, 1.82) is 0 Å². The topological polar surface area (TPSA) is 59.6 Å². The first-order valence-corrected chi connectivity index (χ1v) is 9.71. The summed E-state index contributed by atoms with van der Waals surface area (Å²) in [5.41, 5.74) is 10.2. The molecule has 2 saturated heterocycles. The van der Waals surface area contributed by atoms with Gasteiger partial charge in [0.1, 0.15) is 5.82 Å². The molecule has 3 fully saturated rings. The summed E-state index contributed by atoms with van der Waals surface area (Å²) in [6, 6.07) is 7.73. The maximum atomic E-state index is 13.9. The summed E-state index contributed by atoms with van der Waals surface area (Å²) in [6.07, 6.45) is 3.80. The summed E-state index contributed by atoms with van der Waals surface area (Å²) in [5.74, 6) is 0.265. The molecule has 2 heterocycles. The smallest absolute Gasteiger partial charge is 0.225 e. The molecule has 0 radical (unpaired) electrons. The van der Waals surface area contributed by atoms with Gasteiger partial charge in [-0.25, -0.2) is 15.2 Å². The Labute approximate surface area is 154 Å². The highest BCUT2D eigenvalue weighted by Crippen LogP contribution is 2.28. The number of benzene rings is 1. The van der Waals surface area contributed by atoms with Gasteiger partial charge in [0.2, 0.25) is 5.91 Å². The van der Waals surface area contributed by atoms with Gasteiger partial charge in [-0.1, -0.05) is 18.2 Å². The average Bonchev–Trinajstić information content (AvgIpc) is 3.01. The third kappa shape index (κ3) is 3.91. The molecule has 2 aliphatic heterocycles. The lowest BCUT2D eigenvalue weighted by Crippen LogP contribution is -2.46. The summed E-state index contributed by atoms with van der Waals surface area (Å²) in [5, 5.41) is 0. The maximum absolute atomic E-state index is 13.9. The molecule has 3 unspecified atom stereocenters. The molecular formula is C19H28FN5O. The van der Waals surface area contributed by atoms with Gasteiger partial charge in [0, 0.05) is 56.3 Å². The average molecular weight is 361 g/mol. The normalized spacial score (nSPS) is 30.0. The van der Waals surface area contributed by atoms with E-state index in [2.05, 4.69) is 21.3 Å². The van der Waals surface area contributed by atoms with Crippen LogP contribution in [0.4, 0.5) is 4.39 Å². The number of hydrogen-bond acceptors (Lipinski definition) is 5. The second-order valence-electron chi connectivity index (χ2n) is 7.68. The van der Waals surface area contributed by atoms with E-state index in [0.717, 1.165) is 57.4 Å². The summed E-state index contributed by atoms with van der Waals surface area (Å²) in [4.78, 5) is 17.3. The van der Waals surface area contributed by atoms with Crippen LogP contribution in [0, 0.1) is 11.7 Å². The number of carbonyl (C=O) groups excluding carboxylic acids is 1. The highest BCUT2D eigenvalue weighted by atomic mass is 19.1. The number of halogens is 1. The van der Waals surface area contributed by atoms with E-state index in [4.69, 9.17) is 0 Å². The zero-order chi connectivity index (χ0) is 17.9. The highest BCUT2D eigenvalue weighted by Gasteiger charge is 2.38. The Balaban J connectivity index is 1.32. The molecule has 3 aliphatic rings. The zero-order valence-electron chi connectivity index (χ0n) is 15.1. The lowest BCUT2D eigenvalue weighted by Gasteiger charge is -2.33. The van der Waals surface area contributed by atoms with Crippen molar-refractivity contribution in [1.82, 2.24) is 26.2 Å². The number of rotatable bonds is 3. The van der Waals surface area contributed by atoms with Crippen molar-refractivity contribution in [3.63, 3.8) is 0 Å². The zero-order valence-corrected chi connectivity index (χ0v) is 15.1. The second kappa shape index (κ2) is 8.00. The SMILES string of the molecule is O=C(C1CCC2NNNC2C1)N1CCCN(Cc2ccccc2F)CC1. The Hall–Kier alpha value is -1.54. The molecule has 3 atom stereocenters. The minimum absolute atomic E-state index is 0.114. The first-order chi connectivity index (χ1) is 12.7. The molecule has 6 nitrogen and oxygen atoms in total. The molecule has 0 aromatic heterocycles. The van der Waals surface area contributed by atoms with E-state index in [1.807, 2.05) is 17.0 Å². The number of hydrogen-bond donors (Lipinski definition) is 3. The minimum atomic E-state index is -0.146. The highest BCUT2D eigenvalue weighted by molar-refractivity contribution is 5.79. The Kier molecular flexibility index (Phi) is 5.49. The van der Waals surface area contributed by atoms with Crippen LogP contribution in [0.3, 0.4) is 0 Å². The third-order valence-electron chi connectivity index (χ3n) is 5.97. The first kappa shape index (κ1) is 17.9. The Morgan fingerprint density at radius 1 is 1.08 bits per heavy atom. The molecular weight excluding hydrogens is 333 g/mol. The van der Waals surface area contributed by atoms with Gasteiger partial charge in [-0.05, 0) is 31.7 Å². The van der Waals surface area contributed by atoms with E-state index in [1.54, 1.807) is 6.07 Å². The van der Waals surface area contributed by atoms with Crippen LogP contribution in [0.5, 0.6) is 0 Å². The van der Waals surface area contributed by atoms with Crippen molar-refractivity contribution in [2.45, 2.75) is 44.3 Å². The number of carbonyl (C=O) groups is 1. The van der Waals surface area contributed by atoms with Crippen molar-refractivity contribution in [3.8, 4) is 0 Å². The number of amides is 1. The van der Waals surface area contributed by atoms with Gasteiger partial charge in [-0.15, -0.1) is 0 Å². The van der Waals surface area contributed by atoms with Gasteiger partial charge in [-0.2, -0.15) is 5.53 Å². The monoisotopic (exact) mass is 361 g/mol. The Morgan fingerprint density at radius 2 is 1.92 bits per heavy atom. The quantitative estimate of drug-likeness (QED) is 0.750. The van der Waals surface area contributed by atoms with Crippen LogP contribution in [0.1, 0.15) is 31.2 Å². The third-order valence-corrected chi connectivity index (χ3v) is 5.97. The molecule has 3 N–H and O–H groups in total. The molecule has 7 heteroatoms. The molecule has 142 valence electrons. The van der Waals surface area contributed by atoms with E-state index in [9.17, 15) is 9.18 Å². The molecule has 0 spiro atoms. The van der Waals surface area contributed by atoms with E-state index in [0.29, 0.717) is 24.5 Å². The van der Waals surface area contributed by atoms with Gasteiger partial charge < -0.3 is 4.90 Å². The molecule has 1 amide bonds. The predicted molar refractivity (Wildman–Crippen MR) is 97.2 cm³/mol. The van der Waals surface area contributed by atoms with E-state index in [-0.39, 0.29) is 11.7 Å². The summed E-state index contributed by atoms with van der Waals surface area (Å²) >= 11 is 0. The number of fused-ring (bicyclic) bond motifs is 1. The van der Waals surface area contributed by atoms with Crippen LogP contribution in [0.25, 0.3) is 0 Å². The number of hydrazine groups is 2. The number of nitrogens with zero attached hydrogens (tertiary/aromatic N) is 2. The van der Waals surface area contributed by atoms with Crippen molar-refractivity contribution in [3.05, 3.63) is 35.6 Å². The van der Waals surface area contributed by atoms with Crippen LogP contribution in [0.15, 0.2) is 24.3 Å². The molecule has 1 saturated carbocycles. The fraction of sp³-hybridized carbons (Fsp3) is 0.632. The van der Waals surface area contributed by atoms with Crippen LogP contribution in [0.2, 0.25) is 0 Å². The molecule has 4 rings (SSSR count). The van der Waals surface area contributed by atoms with Gasteiger partial charge >= 0.3 is 0 Å². The minimum Gasteiger partial charge on any atom is -0.341 e. The van der Waals surface area contributed by atoms with Gasteiger partial charge in [-0.3, -0.25) is 9.69 Å². The van der Waals surface area contributed by atoms with Crippen molar-refractivity contribution in [2.75, 3.05) is 26.2 Å². The molecule has 1 aromatic carbocycles. The standard InChI is InChI=1S/C19H28FN5O/c20-16-5-2-1-4-15(16)13-24-8-3-9-25(11-10-24)19(26)14-6-7-17-18(12-14)22-23-21-17/h1-2,4-5,14,17-18,21-23H,3,6-13H2. The molecule has 0 bridgehead atoms. The first-order valence-electron chi connectivity index (χ1n) is 9.71. The van der Waals surface area contributed by atoms with E-state index < -0.39 is 0 Å². The number of nitrogens with one attached hydrogen (secondary N) is 3. The fourth-order valence-electron chi connectivity index (χ4n) is 4.43.